The van der Waals surface area contributed by atoms with Crippen molar-refractivity contribution >= 4 is 23.5 Å². The molecule has 3 fully saturated rings. The summed E-state index contributed by atoms with van der Waals surface area (Å²) < 4.78 is 1.63. The average Bonchev–Trinajstić information content (AvgIpc) is 3.45. The Labute approximate surface area is 188 Å². The molecule has 2 amide bonds. The van der Waals surface area contributed by atoms with E-state index in [1.165, 1.54) is 6.42 Å². The Morgan fingerprint density at radius 3 is 2.31 bits per heavy atom. The highest BCUT2D eigenvalue weighted by Gasteiger charge is 2.57. The molecule has 4 rings (SSSR count). The molecule has 0 aliphatic heterocycles. The van der Waals surface area contributed by atoms with E-state index < -0.39 is 17.8 Å². The van der Waals surface area contributed by atoms with Crippen LogP contribution in [-0.2, 0) is 16.1 Å². The van der Waals surface area contributed by atoms with Crippen molar-refractivity contribution in [2.24, 2.45) is 23.7 Å². The summed E-state index contributed by atoms with van der Waals surface area (Å²) in [5.41, 5.74) is 2.81. The van der Waals surface area contributed by atoms with Crippen LogP contribution in [0.15, 0.2) is 17.3 Å². The third-order valence-corrected chi connectivity index (χ3v) is 7.51. The molecule has 8 nitrogen and oxygen atoms in total. The molecule has 8 heteroatoms. The molecule has 3 aliphatic carbocycles. The Bertz CT molecular complexity index is 940. The van der Waals surface area contributed by atoms with Gasteiger partial charge in [-0.2, -0.15) is 5.10 Å². The van der Waals surface area contributed by atoms with Gasteiger partial charge in [-0.25, -0.2) is 0 Å². The number of aromatic nitrogens is 2. The lowest BCUT2D eigenvalue weighted by molar-refractivity contribution is -0.148. The van der Waals surface area contributed by atoms with E-state index in [0.717, 1.165) is 49.7 Å². The van der Waals surface area contributed by atoms with Crippen LogP contribution in [0.1, 0.15) is 76.2 Å². The van der Waals surface area contributed by atoms with Gasteiger partial charge in [0.1, 0.15) is 0 Å². The number of hydrogen-bond acceptors (Lipinski definition) is 4. The van der Waals surface area contributed by atoms with Gasteiger partial charge in [-0.3, -0.25) is 19.1 Å². The lowest BCUT2D eigenvalue weighted by Crippen LogP contribution is -2.39. The van der Waals surface area contributed by atoms with E-state index in [-0.39, 0.29) is 35.4 Å². The summed E-state index contributed by atoms with van der Waals surface area (Å²) in [6, 6.07) is 0.133. The Kier molecular flexibility index (Phi) is 6.40. The van der Waals surface area contributed by atoms with Crippen molar-refractivity contribution in [2.45, 2.75) is 78.3 Å². The smallest absolute Gasteiger partial charge is 0.307 e. The molecule has 1 heterocycles. The predicted molar refractivity (Wildman–Crippen MR) is 120 cm³/mol. The van der Waals surface area contributed by atoms with Gasteiger partial charge in [0.05, 0.1) is 17.5 Å². The van der Waals surface area contributed by atoms with Crippen LogP contribution in [-0.4, -0.2) is 38.7 Å². The lowest BCUT2D eigenvalue weighted by Gasteiger charge is -2.26. The van der Waals surface area contributed by atoms with Gasteiger partial charge >= 0.3 is 5.97 Å². The molecule has 0 spiro atoms. The number of hydrogen-bond donors (Lipinski definition) is 3. The second-order valence-electron chi connectivity index (χ2n) is 9.68. The molecule has 3 aliphatic rings. The minimum Gasteiger partial charge on any atom is -0.481 e. The maximum absolute atomic E-state index is 13.4. The van der Waals surface area contributed by atoms with Gasteiger partial charge in [0, 0.05) is 18.8 Å². The fraction of sp³-hybridized carbons (Fsp3) is 0.667. The standard InChI is InChI=1S/C24H34N4O4/c1-4-28-12-17(21(27-28)23(30)25-14-8-6-5-7-9-14)26-22(29)19-15-10-11-16(18(15)13(2)3)20(19)24(31)32/h12,14-16,19-20H,4-11H2,1-3H3,(H,25,30)(H,26,29)(H,31,32)/t15-,16-,19+,20+/m0/s1. The number of nitrogens with one attached hydrogen (secondary N) is 2. The summed E-state index contributed by atoms with van der Waals surface area (Å²) in [5, 5.41) is 20.2. The molecule has 3 saturated carbocycles. The van der Waals surface area contributed by atoms with Crippen LogP contribution in [0.25, 0.3) is 0 Å². The van der Waals surface area contributed by atoms with Crippen LogP contribution in [0, 0.1) is 23.7 Å². The largest absolute Gasteiger partial charge is 0.481 e. The van der Waals surface area contributed by atoms with Gasteiger partial charge in [-0.15, -0.1) is 0 Å². The number of aliphatic carboxylic acids is 1. The van der Waals surface area contributed by atoms with Crippen LogP contribution in [0.3, 0.4) is 0 Å². The number of allylic oxidation sites excluding steroid dienone is 2. The van der Waals surface area contributed by atoms with Crippen molar-refractivity contribution in [1.82, 2.24) is 15.1 Å². The highest BCUT2D eigenvalue weighted by atomic mass is 16.4. The van der Waals surface area contributed by atoms with Gasteiger partial charge in [0.25, 0.3) is 5.91 Å². The molecule has 4 atom stereocenters. The summed E-state index contributed by atoms with van der Waals surface area (Å²) in [5.74, 6) is -3.01. The molecule has 0 radical (unpaired) electrons. The summed E-state index contributed by atoms with van der Waals surface area (Å²) in [6.45, 7) is 6.48. The molecule has 1 aromatic heterocycles. The Hall–Kier alpha value is -2.64. The number of fused-ring (bicyclic) bond motifs is 2. The minimum absolute atomic E-state index is 0.0492. The third kappa shape index (κ3) is 4.07. The summed E-state index contributed by atoms with van der Waals surface area (Å²) in [6.07, 6.45) is 8.62. The number of carboxylic acid groups (broad SMARTS) is 1. The topological polar surface area (TPSA) is 113 Å². The first-order valence-electron chi connectivity index (χ1n) is 11.9. The van der Waals surface area contributed by atoms with Crippen molar-refractivity contribution in [3.05, 3.63) is 23.0 Å². The van der Waals surface area contributed by atoms with Crippen molar-refractivity contribution in [3.8, 4) is 0 Å². The first kappa shape index (κ1) is 22.6. The van der Waals surface area contributed by atoms with E-state index in [1.54, 1.807) is 10.9 Å². The van der Waals surface area contributed by atoms with Gasteiger partial charge in [0.2, 0.25) is 5.91 Å². The van der Waals surface area contributed by atoms with Crippen LogP contribution in [0.4, 0.5) is 5.69 Å². The molecule has 3 N–H and O–H groups in total. The van der Waals surface area contributed by atoms with Gasteiger partial charge in [0.15, 0.2) is 5.69 Å². The van der Waals surface area contributed by atoms with E-state index in [4.69, 9.17) is 0 Å². The predicted octanol–water partition coefficient (Wildman–Crippen LogP) is 3.60. The van der Waals surface area contributed by atoms with Gasteiger partial charge in [-0.1, -0.05) is 30.4 Å². The number of carbonyl (C=O) groups excluding carboxylic acids is 2. The zero-order chi connectivity index (χ0) is 23.0. The molecule has 0 aromatic carbocycles. The third-order valence-electron chi connectivity index (χ3n) is 7.51. The van der Waals surface area contributed by atoms with Crippen LogP contribution in [0.2, 0.25) is 0 Å². The first-order valence-corrected chi connectivity index (χ1v) is 11.9. The zero-order valence-corrected chi connectivity index (χ0v) is 19.2. The SMILES string of the molecule is CCn1cc(NC(=O)[C@H]2[C@H](C(=O)O)[C@H]3CC[C@H]2C3=C(C)C)c(C(=O)NC2CCCCC2)n1. The van der Waals surface area contributed by atoms with E-state index in [0.29, 0.717) is 12.2 Å². The molecule has 0 unspecified atom stereocenters. The lowest BCUT2D eigenvalue weighted by atomic mass is 9.78. The highest BCUT2D eigenvalue weighted by Crippen LogP contribution is 2.57. The maximum Gasteiger partial charge on any atom is 0.307 e. The molecule has 0 saturated heterocycles. The van der Waals surface area contributed by atoms with E-state index in [2.05, 4.69) is 15.7 Å². The average molecular weight is 443 g/mol. The van der Waals surface area contributed by atoms with E-state index in [9.17, 15) is 19.5 Å². The monoisotopic (exact) mass is 442 g/mol. The van der Waals surface area contributed by atoms with Crippen LogP contribution < -0.4 is 10.6 Å². The normalized spacial score (nSPS) is 27.4. The zero-order valence-electron chi connectivity index (χ0n) is 19.2. The number of carboxylic acids is 1. The Morgan fingerprint density at radius 1 is 1.06 bits per heavy atom. The first-order chi connectivity index (χ1) is 15.3. The molecule has 2 bridgehead atoms. The number of amides is 2. The van der Waals surface area contributed by atoms with Crippen molar-refractivity contribution < 1.29 is 19.5 Å². The molecule has 32 heavy (non-hydrogen) atoms. The second kappa shape index (κ2) is 9.08. The second-order valence-corrected chi connectivity index (χ2v) is 9.68. The number of nitrogens with zero attached hydrogens (tertiary/aromatic N) is 2. The highest BCUT2D eigenvalue weighted by molar-refractivity contribution is 6.04. The minimum atomic E-state index is -0.921. The van der Waals surface area contributed by atoms with Crippen molar-refractivity contribution in [2.75, 3.05) is 5.32 Å². The fourth-order valence-corrected chi connectivity index (χ4v) is 6.16. The Balaban J connectivity index is 1.56. The molecular formula is C24H34N4O4. The van der Waals surface area contributed by atoms with Gasteiger partial charge < -0.3 is 15.7 Å². The number of anilines is 1. The number of carbonyl (C=O) groups is 3. The van der Waals surface area contributed by atoms with E-state index >= 15 is 0 Å². The van der Waals surface area contributed by atoms with Gasteiger partial charge in [-0.05, 0) is 58.3 Å². The van der Waals surface area contributed by atoms with E-state index in [1.807, 2.05) is 20.8 Å². The Morgan fingerprint density at radius 2 is 1.72 bits per heavy atom. The quantitative estimate of drug-likeness (QED) is 0.583. The summed E-state index contributed by atoms with van der Waals surface area (Å²) >= 11 is 0. The molecular weight excluding hydrogens is 408 g/mol. The summed E-state index contributed by atoms with van der Waals surface area (Å²) in [7, 11) is 0. The fourth-order valence-electron chi connectivity index (χ4n) is 6.16. The number of aryl methyl sites for hydroxylation is 1. The van der Waals surface area contributed by atoms with Crippen molar-refractivity contribution in [3.63, 3.8) is 0 Å². The number of rotatable bonds is 6. The van der Waals surface area contributed by atoms with Crippen LogP contribution in [0.5, 0.6) is 0 Å². The van der Waals surface area contributed by atoms with Crippen molar-refractivity contribution in [1.29, 1.82) is 0 Å². The maximum atomic E-state index is 13.4. The molecule has 1 aromatic rings. The molecule has 174 valence electrons. The van der Waals surface area contributed by atoms with Crippen LogP contribution >= 0.6 is 0 Å². The summed E-state index contributed by atoms with van der Waals surface area (Å²) in [4.78, 5) is 38.4.